The van der Waals surface area contributed by atoms with Crippen LogP contribution in [0, 0.1) is 0 Å². The largest absolute Gasteiger partial charge is 0.493 e. The summed E-state index contributed by atoms with van der Waals surface area (Å²) >= 11 is 10.5. The van der Waals surface area contributed by atoms with Gasteiger partial charge in [0.1, 0.15) is 4.32 Å². The lowest BCUT2D eigenvalue weighted by Gasteiger charge is -2.21. The second kappa shape index (κ2) is 13.4. The van der Waals surface area contributed by atoms with Crippen LogP contribution in [0.5, 0.6) is 11.5 Å². The van der Waals surface area contributed by atoms with Crippen LogP contribution >= 0.6 is 39.9 Å². The fourth-order valence-electron chi connectivity index (χ4n) is 2.87. The Morgan fingerprint density at radius 3 is 2.34 bits per heavy atom. The Morgan fingerprint density at radius 2 is 1.75 bits per heavy atom. The van der Waals surface area contributed by atoms with E-state index in [2.05, 4.69) is 45.2 Å². The van der Waals surface area contributed by atoms with Crippen LogP contribution in [0.1, 0.15) is 25.0 Å². The van der Waals surface area contributed by atoms with Gasteiger partial charge >= 0.3 is 0 Å². The maximum atomic E-state index is 12.6. The summed E-state index contributed by atoms with van der Waals surface area (Å²) in [6.07, 6.45) is 0.169. The number of amides is 1. The first-order chi connectivity index (χ1) is 15.4. The second-order valence-electron chi connectivity index (χ2n) is 6.69. The van der Waals surface area contributed by atoms with E-state index >= 15 is 0 Å². The fourth-order valence-corrected chi connectivity index (χ4v) is 4.50. The van der Waals surface area contributed by atoms with Gasteiger partial charge in [0.25, 0.3) is 0 Å². The van der Waals surface area contributed by atoms with Crippen LogP contribution in [-0.2, 0) is 11.2 Å². The zero-order valence-corrected chi connectivity index (χ0v) is 21.9. The Morgan fingerprint density at radius 1 is 1.09 bits per heavy atom. The molecule has 0 spiro atoms. The third kappa shape index (κ3) is 7.79. The highest BCUT2D eigenvalue weighted by molar-refractivity contribution is 9.10. The van der Waals surface area contributed by atoms with Crippen LogP contribution in [0.3, 0.4) is 0 Å². The summed E-state index contributed by atoms with van der Waals surface area (Å²) < 4.78 is 12.3. The molecule has 0 heterocycles. The number of thiocarbonyl (C=S) groups is 1. The van der Waals surface area contributed by atoms with Crippen molar-refractivity contribution in [1.29, 1.82) is 0 Å². The third-order valence-corrected chi connectivity index (χ3v) is 6.72. The number of nitrogens with zero attached hydrogens (tertiary/aromatic N) is 2. The zero-order valence-electron chi connectivity index (χ0n) is 18.7. The van der Waals surface area contributed by atoms with Gasteiger partial charge in [-0.3, -0.25) is 4.79 Å². The van der Waals surface area contributed by atoms with Gasteiger partial charge in [-0.1, -0.05) is 58.1 Å². The molecule has 2 rings (SSSR count). The number of thioether (sulfide) groups is 1. The summed E-state index contributed by atoms with van der Waals surface area (Å²) in [4.78, 5) is 14.7. The first-order valence-electron chi connectivity index (χ1n) is 10.2. The Hall–Kier alpha value is -2.10. The van der Waals surface area contributed by atoms with Gasteiger partial charge in [-0.2, -0.15) is 5.10 Å². The van der Waals surface area contributed by atoms with Crippen molar-refractivity contribution in [3.63, 3.8) is 0 Å². The van der Waals surface area contributed by atoms with Crippen LogP contribution < -0.4 is 14.9 Å². The standard InChI is InChI=1S/C23H28BrN3O3S2/c1-5-27(6-2)23(31)32-15-19(17-8-10-18(24)11-9-17)25-26-22(28)14-16-7-12-20(29-3)21(13-16)30-4/h7-13H,5-6,14-15H2,1-4H3,(H,26,28)/b25-19+. The molecule has 1 N–H and O–H groups in total. The molecule has 0 aliphatic carbocycles. The Labute approximate surface area is 207 Å². The SMILES string of the molecule is CCN(CC)C(=S)SC/C(=N\NC(=O)Cc1ccc(OC)c(OC)c1)c1ccc(Br)cc1. The molecule has 0 saturated heterocycles. The van der Waals surface area contributed by atoms with E-state index < -0.39 is 0 Å². The zero-order chi connectivity index (χ0) is 23.5. The van der Waals surface area contributed by atoms with Crippen molar-refractivity contribution >= 4 is 55.8 Å². The average molecular weight is 539 g/mol. The second-order valence-corrected chi connectivity index (χ2v) is 9.22. The minimum atomic E-state index is -0.219. The van der Waals surface area contributed by atoms with Crippen molar-refractivity contribution in [1.82, 2.24) is 10.3 Å². The van der Waals surface area contributed by atoms with E-state index in [-0.39, 0.29) is 12.3 Å². The third-order valence-electron chi connectivity index (χ3n) is 4.66. The van der Waals surface area contributed by atoms with Crippen molar-refractivity contribution in [3.8, 4) is 11.5 Å². The van der Waals surface area contributed by atoms with Crippen molar-refractivity contribution in [2.75, 3.05) is 33.1 Å². The van der Waals surface area contributed by atoms with Gasteiger partial charge in [-0.05, 0) is 49.2 Å². The van der Waals surface area contributed by atoms with E-state index in [1.165, 1.54) is 11.8 Å². The van der Waals surface area contributed by atoms with E-state index in [0.717, 1.165) is 38.7 Å². The summed E-state index contributed by atoms with van der Waals surface area (Å²) in [5, 5.41) is 4.43. The minimum Gasteiger partial charge on any atom is -0.493 e. The summed E-state index contributed by atoms with van der Waals surface area (Å²) in [6, 6.07) is 13.2. The summed E-state index contributed by atoms with van der Waals surface area (Å²) in [7, 11) is 3.14. The van der Waals surface area contributed by atoms with Crippen LogP contribution in [0.15, 0.2) is 52.0 Å². The molecule has 0 unspecified atom stereocenters. The number of halogens is 1. The lowest BCUT2D eigenvalue weighted by atomic mass is 10.1. The number of nitrogens with one attached hydrogen (secondary N) is 1. The quantitative estimate of drug-likeness (QED) is 0.264. The Balaban J connectivity index is 2.12. The molecule has 0 fully saturated rings. The lowest BCUT2D eigenvalue weighted by molar-refractivity contribution is -0.120. The topological polar surface area (TPSA) is 63.2 Å². The molecule has 0 saturated carbocycles. The number of rotatable bonds is 10. The molecular formula is C23H28BrN3O3S2. The van der Waals surface area contributed by atoms with Crippen LogP contribution in [0.2, 0.25) is 0 Å². The summed E-state index contributed by atoms with van der Waals surface area (Å²) in [5.41, 5.74) is 5.16. The van der Waals surface area contributed by atoms with Gasteiger partial charge in [-0.15, -0.1) is 0 Å². The molecule has 172 valence electrons. The first-order valence-corrected chi connectivity index (χ1v) is 12.3. The molecule has 1 amide bonds. The van der Waals surface area contributed by atoms with Gasteiger partial charge in [0, 0.05) is 23.3 Å². The van der Waals surface area contributed by atoms with Gasteiger partial charge in [0.2, 0.25) is 5.91 Å². The normalized spacial score (nSPS) is 11.1. The molecular weight excluding hydrogens is 510 g/mol. The van der Waals surface area contributed by atoms with E-state index in [4.69, 9.17) is 21.7 Å². The number of carbonyl (C=O) groups is 1. The minimum absolute atomic E-state index is 0.169. The number of hydrazone groups is 1. The van der Waals surface area contributed by atoms with Gasteiger partial charge in [0.15, 0.2) is 11.5 Å². The highest BCUT2D eigenvalue weighted by Crippen LogP contribution is 2.27. The molecule has 0 radical (unpaired) electrons. The van der Waals surface area contributed by atoms with Crippen molar-refractivity contribution in [2.24, 2.45) is 5.10 Å². The fraction of sp³-hybridized carbons (Fsp3) is 0.348. The van der Waals surface area contributed by atoms with E-state index in [1.54, 1.807) is 26.4 Å². The van der Waals surface area contributed by atoms with Gasteiger partial charge < -0.3 is 14.4 Å². The average Bonchev–Trinajstić information content (AvgIpc) is 2.80. The monoisotopic (exact) mass is 537 g/mol. The van der Waals surface area contributed by atoms with Crippen molar-refractivity contribution in [3.05, 3.63) is 58.1 Å². The van der Waals surface area contributed by atoms with Crippen molar-refractivity contribution in [2.45, 2.75) is 20.3 Å². The molecule has 2 aromatic rings. The van der Waals surface area contributed by atoms with Gasteiger partial charge in [-0.25, -0.2) is 5.43 Å². The number of methoxy groups -OCH3 is 2. The molecule has 9 heteroatoms. The van der Waals surface area contributed by atoms with Crippen LogP contribution in [-0.4, -0.2) is 53.9 Å². The lowest BCUT2D eigenvalue weighted by Crippen LogP contribution is -2.28. The van der Waals surface area contributed by atoms with Gasteiger partial charge in [0.05, 0.1) is 26.4 Å². The molecule has 6 nitrogen and oxygen atoms in total. The highest BCUT2D eigenvalue weighted by atomic mass is 79.9. The predicted octanol–water partition coefficient (Wildman–Crippen LogP) is 4.89. The molecule has 2 aromatic carbocycles. The predicted molar refractivity (Wildman–Crippen MR) is 140 cm³/mol. The summed E-state index contributed by atoms with van der Waals surface area (Å²) in [6.45, 7) is 5.87. The van der Waals surface area contributed by atoms with E-state index in [1.807, 2.05) is 30.3 Å². The molecule has 0 aliphatic rings. The molecule has 0 aliphatic heterocycles. The maximum absolute atomic E-state index is 12.6. The molecule has 0 bridgehead atoms. The maximum Gasteiger partial charge on any atom is 0.244 e. The number of carbonyl (C=O) groups excluding carboxylic acids is 1. The number of hydrogen-bond acceptors (Lipinski definition) is 6. The summed E-state index contributed by atoms with van der Waals surface area (Å²) in [5.74, 6) is 1.53. The van der Waals surface area contributed by atoms with E-state index in [9.17, 15) is 4.79 Å². The van der Waals surface area contributed by atoms with E-state index in [0.29, 0.717) is 17.3 Å². The molecule has 0 atom stereocenters. The smallest absolute Gasteiger partial charge is 0.244 e. The molecule has 0 aromatic heterocycles. The van der Waals surface area contributed by atoms with Crippen LogP contribution in [0.4, 0.5) is 0 Å². The highest BCUT2D eigenvalue weighted by Gasteiger charge is 2.12. The number of benzene rings is 2. The molecule has 32 heavy (non-hydrogen) atoms. The number of hydrogen-bond donors (Lipinski definition) is 1. The first kappa shape index (κ1) is 26.2. The van der Waals surface area contributed by atoms with Crippen LogP contribution in [0.25, 0.3) is 0 Å². The number of ether oxygens (including phenoxy) is 2. The van der Waals surface area contributed by atoms with Crippen molar-refractivity contribution < 1.29 is 14.3 Å². The Kier molecular flexibility index (Phi) is 11.0. The Bertz CT molecular complexity index is 948.